The summed E-state index contributed by atoms with van der Waals surface area (Å²) in [5.74, 6) is 0.757. The summed E-state index contributed by atoms with van der Waals surface area (Å²) in [6.07, 6.45) is 3.39. The average molecular weight is 331 g/mol. The molecule has 2 nitrogen and oxygen atoms in total. The van der Waals surface area contributed by atoms with Crippen molar-refractivity contribution in [2.24, 2.45) is 0 Å². The molecule has 0 aliphatic rings. The third kappa shape index (κ3) is 4.07. The van der Waals surface area contributed by atoms with Crippen LogP contribution in [0.1, 0.15) is 22.8 Å². The molecular formula is C17H15BrO2. The summed E-state index contributed by atoms with van der Waals surface area (Å²) in [5, 5.41) is 0. The molecule has 0 radical (unpaired) electrons. The Kier molecular flexibility index (Phi) is 5.13. The Morgan fingerprint density at radius 1 is 1.20 bits per heavy atom. The van der Waals surface area contributed by atoms with Crippen LogP contribution >= 0.6 is 15.9 Å². The normalized spacial score (nSPS) is 10.7. The molecule has 0 N–H and O–H groups in total. The first-order valence-electron chi connectivity index (χ1n) is 6.40. The topological polar surface area (TPSA) is 26.3 Å². The molecule has 0 heterocycles. The van der Waals surface area contributed by atoms with E-state index in [0.29, 0.717) is 12.2 Å². The van der Waals surface area contributed by atoms with Gasteiger partial charge in [-0.25, -0.2) is 0 Å². The van der Waals surface area contributed by atoms with Crippen LogP contribution in [0.25, 0.3) is 6.08 Å². The number of carbonyl (C=O) groups is 1. The van der Waals surface area contributed by atoms with Crippen molar-refractivity contribution in [1.29, 1.82) is 0 Å². The molecule has 0 aliphatic heterocycles. The molecule has 2 aromatic carbocycles. The van der Waals surface area contributed by atoms with Gasteiger partial charge in [-0.3, -0.25) is 4.79 Å². The molecule has 2 aromatic rings. The largest absolute Gasteiger partial charge is 0.494 e. The number of allylic oxidation sites excluding steroid dienone is 1. The summed E-state index contributed by atoms with van der Waals surface area (Å²) in [4.78, 5) is 12.0. The predicted octanol–water partition coefficient (Wildman–Crippen LogP) is 4.74. The zero-order valence-corrected chi connectivity index (χ0v) is 12.8. The van der Waals surface area contributed by atoms with Crippen molar-refractivity contribution in [3.05, 3.63) is 70.2 Å². The fourth-order valence-electron chi connectivity index (χ4n) is 1.76. The van der Waals surface area contributed by atoms with E-state index in [-0.39, 0.29) is 5.78 Å². The highest BCUT2D eigenvalue weighted by Gasteiger charge is 2.02. The van der Waals surface area contributed by atoms with Crippen LogP contribution in [0.3, 0.4) is 0 Å². The molecule has 0 atom stereocenters. The van der Waals surface area contributed by atoms with Crippen molar-refractivity contribution < 1.29 is 9.53 Å². The summed E-state index contributed by atoms with van der Waals surface area (Å²) in [7, 11) is 0. The summed E-state index contributed by atoms with van der Waals surface area (Å²) in [6, 6.07) is 15.0. The van der Waals surface area contributed by atoms with Crippen molar-refractivity contribution in [3.8, 4) is 5.75 Å². The first-order chi connectivity index (χ1) is 9.69. The lowest BCUT2D eigenvalue weighted by atomic mass is 10.1. The third-order valence-electron chi connectivity index (χ3n) is 2.73. The quantitative estimate of drug-likeness (QED) is 0.584. The zero-order chi connectivity index (χ0) is 14.4. The van der Waals surface area contributed by atoms with E-state index in [4.69, 9.17) is 4.74 Å². The molecule has 0 saturated carbocycles. The minimum Gasteiger partial charge on any atom is -0.494 e. The summed E-state index contributed by atoms with van der Waals surface area (Å²) >= 11 is 3.40. The molecule has 102 valence electrons. The van der Waals surface area contributed by atoms with E-state index in [2.05, 4.69) is 15.9 Å². The SMILES string of the molecule is CCOc1ccc(C(=O)C=Cc2cccc(Br)c2)cc1. The molecule has 0 amide bonds. The molecule has 0 spiro atoms. The van der Waals surface area contributed by atoms with E-state index in [9.17, 15) is 4.79 Å². The number of hydrogen-bond donors (Lipinski definition) is 0. The van der Waals surface area contributed by atoms with Crippen LogP contribution in [0.4, 0.5) is 0 Å². The predicted molar refractivity (Wildman–Crippen MR) is 85.1 cm³/mol. The molecule has 20 heavy (non-hydrogen) atoms. The van der Waals surface area contributed by atoms with Gasteiger partial charge in [-0.2, -0.15) is 0 Å². The summed E-state index contributed by atoms with van der Waals surface area (Å²) in [5.41, 5.74) is 1.64. The molecule has 0 bridgehead atoms. The Bertz CT molecular complexity index is 615. The maximum Gasteiger partial charge on any atom is 0.185 e. The standard InChI is InChI=1S/C17H15BrO2/c1-2-20-16-9-7-14(8-10-16)17(19)11-6-13-4-3-5-15(18)12-13/h3-12H,2H2,1H3. The van der Waals surface area contributed by atoms with Crippen LogP contribution in [0.15, 0.2) is 59.1 Å². The number of halogens is 1. The van der Waals surface area contributed by atoms with Gasteiger partial charge in [-0.05, 0) is 55.0 Å². The van der Waals surface area contributed by atoms with Crippen LogP contribution in [-0.2, 0) is 0 Å². The molecule has 0 fully saturated rings. The molecule has 0 saturated heterocycles. The van der Waals surface area contributed by atoms with E-state index < -0.39 is 0 Å². The minimum atomic E-state index is -0.0203. The van der Waals surface area contributed by atoms with Crippen LogP contribution < -0.4 is 4.74 Å². The summed E-state index contributed by atoms with van der Waals surface area (Å²) in [6.45, 7) is 2.55. The smallest absolute Gasteiger partial charge is 0.185 e. The average Bonchev–Trinajstić information content (AvgIpc) is 2.46. The van der Waals surface area contributed by atoms with Crippen molar-refractivity contribution in [2.45, 2.75) is 6.92 Å². The monoisotopic (exact) mass is 330 g/mol. The number of rotatable bonds is 5. The molecule has 3 heteroatoms. The van der Waals surface area contributed by atoms with Crippen molar-refractivity contribution in [1.82, 2.24) is 0 Å². The van der Waals surface area contributed by atoms with Gasteiger partial charge in [0.05, 0.1) is 6.61 Å². The lowest BCUT2D eigenvalue weighted by Gasteiger charge is -2.02. The molecule has 2 rings (SSSR count). The van der Waals surface area contributed by atoms with Gasteiger partial charge >= 0.3 is 0 Å². The van der Waals surface area contributed by atoms with Gasteiger partial charge in [0.15, 0.2) is 5.78 Å². The minimum absolute atomic E-state index is 0.0203. The van der Waals surface area contributed by atoms with Gasteiger partial charge in [0, 0.05) is 10.0 Å². The Morgan fingerprint density at radius 2 is 1.95 bits per heavy atom. The highest BCUT2D eigenvalue weighted by atomic mass is 79.9. The van der Waals surface area contributed by atoms with Crippen LogP contribution in [-0.4, -0.2) is 12.4 Å². The highest BCUT2D eigenvalue weighted by molar-refractivity contribution is 9.10. The van der Waals surface area contributed by atoms with Crippen LogP contribution in [0.2, 0.25) is 0 Å². The Morgan fingerprint density at radius 3 is 2.60 bits per heavy atom. The van der Waals surface area contributed by atoms with Crippen molar-refractivity contribution in [3.63, 3.8) is 0 Å². The molecule has 0 unspecified atom stereocenters. The maximum atomic E-state index is 12.0. The van der Waals surface area contributed by atoms with Crippen molar-refractivity contribution in [2.75, 3.05) is 6.61 Å². The first-order valence-corrected chi connectivity index (χ1v) is 7.19. The van der Waals surface area contributed by atoms with E-state index >= 15 is 0 Å². The first kappa shape index (κ1) is 14.5. The number of carbonyl (C=O) groups excluding carboxylic acids is 1. The van der Waals surface area contributed by atoms with Crippen LogP contribution in [0, 0.1) is 0 Å². The van der Waals surface area contributed by atoms with E-state index in [0.717, 1.165) is 15.8 Å². The van der Waals surface area contributed by atoms with Crippen molar-refractivity contribution >= 4 is 27.8 Å². The second-order valence-corrected chi connectivity index (χ2v) is 5.13. The number of ether oxygens (including phenoxy) is 1. The van der Waals surface area contributed by atoms with Gasteiger partial charge in [0.2, 0.25) is 0 Å². The number of benzene rings is 2. The summed E-state index contributed by atoms with van der Waals surface area (Å²) < 4.78 is 6.34. The fourth-order valence-corrected chi connectivity index (χ4v) is 2.18. The van der Waals surface area contributed by atoms with E-state index in [1.54, 1.807) is 18.2 Å². The van der Waals surface area contributed by atoms with E-state index in [1.165, 1.54) is 0 Å². The second kappa shape index (κ2) is 7.06. The van der Waals surface area contributed by atoms with Crippen LogP contribution in [0.5, 0.6) is 5.75 Å². The van der Waals surface area contributed by atoms with Gasteiger partial charge in [0.25, 0.3) is 0 Å². The third-order valence-corrected chi connectivity index (χ3v) is 3.22. The van der Waals surface area contributed by atoms with Gasteiger partial charge in [0.1, 0.15) is 5.75 Å². The van der Waals surface area contributed by atoms with Gasteiger partial charge in [-0.15, -0.1) is 0 Å². The lowest BCUT2D eigenvalue weighted by molar-refractivity contribution is 0.104. The number of hydrogen-bond acceptors (Lipinski definition) is 2. The number of ketones is 1. The zero-order valence-electron chi connectivity index (χ0n) is 11.2. The van der Waals surface area contributed by atoms with E-state index in [1.807, 2.05) is 49.4 Å². The van der Waals surface area contributed by atoms with Gasteiger partial charge in [-0.1, -0.05) is 34.1 Å². The molecule has 0 aromatic heterocycles. The Balaban J connectivity index is 2.07. The lowest BCUT2D eigenvalue weighted by Crippen LogP contribution is -1.95. The highest BCUT2D eigenvalue weighted by Crippen LogP contribution is 2.15. The fraction of sp³-hybridized carbons (Fsp3) is 0.118. The molecule has 0 aliphatic carbocycles. The molecular weight excluding hydrogens is 316 g/mol. The Labute approximate surface area is 127 Å². The Hall–Kier alpha value is -1.87. The van der Waals surface area contributed by atoms with Gasteiger partial charge < -0.3 is 4.74 Å². The second-order valence-electron chi connectivity index (χ2n) is 4.21. The maximum absolute atomic E-state index is 12.0.